The molecule has 19 heavy (non-hydrogen) atoms. The van der Waals surface area contributed by atoms with Crippen LogP contribution in [0.4, 0.5) is 5.69 Å². The second-order valence-electron chi connectivity index (χ2n) is 4.96. The van der Waals surface area contributed by atoms with E-state index in [2.05, 4.69) is 12.2 Å². The van der Waals surface area contributed by atoms with Crippen molar-refractivity contribution in [2.45, 2.75) is 52.0 Å². The first-order valence-electron chi connectivity index (χ1n) is 6.90. The van der Waals surface area contributed by atoms with Crippen molar-refractivity contribution in [3.8, 4) is 0 Å². The number of carbonyl (C=O) groups is 1. The van der Waals surface area contributed by atoms with Crippen LogP contribution in [0.5, 0.6) is 0 Å². The van der Waals surface area contributed by atoms with Gasteiger partial charge in [-0.25, -0.2) is 0 Å². The number of carbonyl (C=O) groups excluding carboxylic acids is 1. The summed E-state index contributed by atoms with van der Waals surface area (Å²) >= 11 is 5.83. The molecule has 0 fully saturated rings. The Labute approximate surface area is 120 Å². The van der Waals surface area contributed by atoms with Gasteiger partial charge in [0.15, 0.2) is 0 Å². The summed E-state index contributed by atoms with van der Waals surface area (Å²) < 4.78 is 0. The number of halogens is 1. The van der Waals surface area contributed by atoms with Crippen molar-refractivity contribution in [3.05, 3.63) is 28.8 Å². The van der Waals surface area contributed by atoms with E-state index in [1.165, 1.54) is 19.3 Å². The topological polar surface area (TPSA) is 55.1 Å². The molecule has 3 N–H and O–H groups in total. The predicted octanol–water partition coefficient (Wildman–Crippen LogP) is 4.01. The lowest BCUT2D eigenvalue weighted by atomic mass is 10.1. The SMILES string of the molecule is CCCCCCC(C)NC(=O)c1ccc(Cl)c(N)c1. The molecule has 106 valence electrons. The number of hydrogen-bond donors (Lipinski definition) is 2. The van der Waals surface area contributed by atoms with Gasteiger partial charge in [0, 0.05) is 11.6 Å². The molecule has 1 aromatic carbocycles. The van der Waals surface area contributed by atoms with Crippen LogP contribution in [0.3, 0.4) is 0 Å². The molecule has 0 aromatic heterocycles. The third-order valence-electron chi connectivity index (χ3n) is 3.13. The molecule has 0 aliphatic heterocycles. The van der Waals surface area contributed by atoms with E-state index in [-0.39, 0.29) is 11.9 Å². The molecule has 0 aliphatic rings. The van der Waals surface area contributed by atoms with Crippen LogP contribution in [0.25, 0.3) is 0 Å². The van der Waals surface area contributed by atoms with E-state index in [1.807, 2.05) is 6.92 Å². The van der Waals surface area contributed by atoms with E-state index in [0.717, 1.165) is 12.8 Å². The van der Waals surface area contributed by atoms with Gasteiger partial charge in [0.1, 0.15) is 0 Å². The van der Waals surface area contributed by atoms with Crippen LogP contribution in [0.15, 0.2) is 18.2 Å². The van der Waals surface area contributed by atoms with E-state index in [0.29, 0.717) is 16.3 Å². The molecule has 0 bridgehead atoms. The predicted molar refractivity (Wildman–Crippen MR) is 81.6 cm³/mol. The maximum atomic E-state index is 12.0. The maximum Gasteiger partial charge on any atom is 0.251 e. The highest BCUT2D eigenvalue weighted by Gasteiger charge is 2.10. The first kappa shape index (κ1) is 15.8. The van der Waals surface area contributed by atoms with E-state index in [1.54, 1.807) is 18.2 Å². The first-order chi connectivity index (χ1) is 9.04. The minimum absolute atomic E-state index is 0.0913. The Morgan fingerprint density at radius 1 is 1.37 bits per heavy atom. The summed E-state index contributed by atoms with van der Waals surface area (Å²) in [7, 11) is 0. The van der Waals surface area contributed by atoms with Crippen molar-refractivity contribution >= 4 is 23.2 Å². The highest BCUT2D eigenvalue weighted by Crippen LogP contribution is 2.19. The summed E-state index contributed by atoms with van der Waals surface area (Å²) in [5, 5.41) is 3.46. The molecule has 1 rings (SSSR count). The fourth-order valence-electron chi connectivity index (χ4n) is 1.94. The number of rotatable bonds is 7. The standard InChI is InChI=1S/C15H23ClN2O/c1-3-4-5-6-7-11(2)18-15(19)12-8-9-13(16)14(17)10-12/h8-11H,3-7,17H2,1-2H3,(H,18,19). The Hall–Kier alpha value is -1.22. The van der Waals surface area contributed by atoms with Crippen molar-refractivity contribution in [1.82, 2.24) is 5.32 Å². The van der Waals surface area contributed by atoms with E-state index < -0.39 is 0 Å². The summed E-state index contributed by atoms with van der Waals surface area (Å²) in [4.78, 5) is 12.0. The average Bonchev–Trinajstić information content (AvgIpc) is 2.38. The molecule has 0 aliphatic carbocycles. The number of anilines is 1. The Morgan fingerprint density at radius 2 is 2.11 bits per heavy atom. The fraction of sp³-hybridized carbons (Fsp3) is 0.533. The lowest BCUT2D eigenvalue weighted by Crippen LogP contribution is -2.32. The zero-order chi connectivity index (χ0) is 14.3. The zero-order valence-electron chi connectivity index (χ0n) is 11.7. The van der Waals surface area contributed by atoms with Gasteiger partial charge in [0.05, 0.1) is 10.7 Å². The van der Waals surface area contributed by atoms with Gasteiger partial charge >= 0.3 is 0 Å². The van der Waals surface area contributed by atoms with Crippen molar-refractivity contribution in [1.29, 1.82) is 0 Å². The highest BCUT2D eigenvalue weighted by molar-refractivity contribution is 6.33. The molecule has 1 amide bonds. The Balaban J connectivity index is 2.43. The number of hydrogen-bond acceptors (Lipinski definition) is 2. The lowest BCUT2D eigenvalue weighted by Gasteiger charge is -2.14. The quantitative estimate of drug-likeness (QED) is 0.586. The number of nitrogens with one attached hydrogen (secondary N) is 1. The summed E-state index contributed by atoms with van der Waals surface area (Å²) in [5.74, 6) is -0.0913. The monoisotopic (exact) mass is 282 g/mol. The van der Waals surface area contributed by atoms with Crippen molar-refractivity contribution in [3.63, 3.8) is 0 Å². The molecule has 1 unspecified atom stereocenters. The van der Waals surface area contributed by atoms with Crippen LogP contribution in [0.2, 0.25) is 5.02 Å². The second-order valence-corrected chi connectivity index (χ2v) is 5.37. The molecule has 3 nitrogen and oxygen atoms in total. The molecule has 4 heteroatoms. The van der Waals surface area contributed by atoms with Gasteiger partial charge in [-0.2, -0.15) is 0 Å². The molecule has 0 heterocycles. The molecular formula is C15H23ClN2O. The van der Waals surface area contributed by atoms with Gasteiger partial charge < -0.3 is 11.1 Å². The number of benzene rings is 1. The summed E-state index contributed by atoms with van der Waals surface area (Å²) in [5.41, 5.74) is 6.68. The van der Waals surface area contributed by atoms with Gasteiger partial charge in [0.25, 0.3) is 5.91 Å². The van der Waals surface area contributed by atoms with Gasteiger partial charge in [0.2, 0.25) is 0 Å². The molecule has 0 radical (unpaired) electrons. The van der Waals surface area contributed by atoms with Crippen LogP contribution in [-0.4, -0.2) is 11.9 Å². The van der Waals surface area contributed by atoms with Gasteiger partial charge in [-0.05, 0) is 31.5 Å². The minimum atomic E-state index is -0.0913. The first-order valence-corrected chi connectivity index (χ1v) is 7.28. The molecule has 0 spiro atoms. The Bertz CT molecular complexity index is 421. The van der Waals surface area contributed by atoms with Crippen LogP contribution >= 0.6 is 11.6 Å². The van der Waals surface area contributed by atoms with E-state index >= 15 is 0 Å². The summed E-state index contributed by atoms with van der Waals surface area (Å²) in [6.45, 7) is 4.22. The Kier molecular flexibility index (Phi) is 6.71. The van der Waals surface area contributed by atoms with Crippen LogP contribution in [0, 0.1) is 0 Å². The third kappa shape index (κ3) is 5.52. The normalized spacial score (nSPS) is 12.2. The van der Waals surface area contributed by atoms with Crippen LogP contribution in [0.1, 0.15) is 56.3 Å². The maximum absolute atomic E-state index is 12.0. The van der Waals surface area contributed by atoms with Crippen LogP contribution in [-0.2, 0) is 0 Å². The van der Waals surface area contributed by atoms with Gasteiger partial charge in [-0.3, -0.25) is 4.79 Å². The van der Waals surface area contributed by atoms with Crippen molar-refractivity contribution < 1.29 is 4.79 Å². The smallest absolute Gasteiger partial charge is 0.251 e. The zero-order valence-corrected chi connectivity index (χ0v) is 12.5. The Morgan fingerprint density at radius 3 is 2.74 bits per heavy atom. The lowest BCUT2D eigenvalue weighted by molar-refractivity contribution is 0.0938. The van der Waals surface area contributed by atoms with Crippen molar-refractivity contribution in [2.75, 3.05) is 5.73 Å². The summed E-state index contributed by atoms with van der Waals surface area (Å²) in [6, 6.07) is 5.14. The second kappa shape index (κ2) is 8.05. The summed E-state index contributed by atoms with van der Waals surface area (Å²) in [6.07, 6.45) is 5.87. The van der Waals surface area contributed by atoms with E-state index in [9.17, 15) is 4.79 Å². The molecule has 1 aromatic rings. The highest BCUT2D eigenvalue weighted by atomic mass is 35.5. The number of nitrogen functional groups attached to an aromatic ring is 1. The molecule has 1 atom stereocenters. The third-order valence-corrected chi connectivity index (χ3v) is 3.47. The van der Waals surface area contributed by atoms with Gasteiger partial charge in [-0.15, -0.1) is 0 Å². The average molecular weight is 283 g/mol. The number of nitrogens with two attached hydrogens (primary N) is 1. The molecule has 0 saturated heterocycles. The van der Waals surface area contributed by atoms with Gasteiger partial charge in [-0.1, -0.05) is 44.2 Å². The fourth-order valence-corrected chi connectivity index (χ4v) is 2.06. The number of unbranched alkanes of at least 4 members (excludes halogenated alkanes) is 3. The molecule has 0 saturated carbocycles. The number of amides is 1. The van der Waals surface area contributed by atoms with Crippen molar-refractivity contribution in [2.24, 2.45) is 0 Å². The largest absolute Gasteiger partial charge is 0.398 e. The molecular weight excluding hydrogens is 260 g/mol. The van der Waals surface area contributed by atoms with Crippen LogP contribution < -0.4 is 11.1 Å². The minimum Gasteiger partial charge on any atom is -0.398 e. The van der Waals surface area contributed by atoms with E-state index in [4.69, 9.17) is 17.3 Å².